The van der Waals surface area contributed by atoms with Gasteiger partial charge in [-0.3, -0.25) is 4.98 Å². The molecule has 0 N–H and O–H groups in total. The van der Waals surface area contributed by atoms with Crippen LogP contribution in [0.5, 0.6) is 0 Å². The van der Waals surface area contributed by atoms with E-state index in [9.17, 15) is 0 Å². The summed E-state index contributed by atoms with van der Waals surface area (Å²) in [5.74, 6) is 1.78. The van der Waals surface area contributed by atoms with E-state index in [2.05, 4.69) is 125 Å². The van der Waals surface area contributed by atoms with E-state index in [0.717, 1.165) is 61.4 Å². The van der Waals surface area contributed by atoms with Crippen LogP contribution < -0.4 is 0 Å². The van der Waals surface area contributed by atoms with Crippen LogP contribution in [0.3, 0.4) is 0 Å². The molecule has 8 aromatic rings. The molecule has 0 fully saturated rings. The van der Waals surface area contributed by atoms with E-state index in [1.54, 1.807) is 0 Å². The van der Waals surface area contributed by atoms with Gasteiger partial charge in [0.2, 0.25) is 0 Å². The van der Waals surface area contributed by atoms with E-state index in [-0.39, 0.29) is 20.1 Å². The topological polar surface area (TPSA) is 56.7 Å². The first-order valence-electron chi connectivity index (χ1n) is 17.9. The summed E-state index contributed by atoms with van der Waals surface area (Å²) in [5, 5.41) is 2.17. The van der Waals surface area contributed by atoms with Crippen molar-refractivity contribution in [1.29, 1.82) is 0 Å². The van der Waals surface area contributed by atoms with Gasteiger partial charge in [-0.1, -0.05) is 108 Å². The molecule has 52 heavy (non-hydrogen) atoms. The Morgan fingerprint density at radius 2 is 1.40 bits per heavy atom. The van der Waals surface area contributed by atoms with Crippen molar-refractivity contribution in [3.63, 3.8) is 0 Å². The van der Waals surface area contributed by atoms with Crippen LogP contribution in [0.15, 0.2) is 108 Å². The number of hydrogen-bond donors (Lipinski definition) is 0. The van der Waals surface area contributed by atoms with Gasteiger partial charge in [-0.15, -0.1) is 53.6 Å². The van der Waals surface area contributed by atoms with Crippen molar-refractivity contribution in [1.82, 2.24) is 19.5 Å². The van der Waals surface area contributed by atoms with Crippen LogP contribution in [0, 0.1) is 26.0 Å². The summed E-state index contributed by atoms with van der Waals surface area (Å²) < 4.78 is 8.71. The van der Waals surface area contributed by atoms with E-state index >= 15 is 0 Å². The number of fused-ring (bicyclic) bond motifs is 4. The van der Waals surface area contributed by atoms with Crippen LogP contribution in [0.2, 0.25) is 0 Å². The fourth-order valence-electron chi connectivity index (χ4n) is 6.59. The normalized spacial score (nSPS) is 11.4. The van der Waals surface area contributed by atoms with E-state index in [1.807, 2.05) is 55.6 Å². The van der Waals surface area contributed by atoms with Crippen molar-refractivity contribution in [2.24, 2.45) is 0 Å². The largest absolute Gasteiger partial charge is 0.501 e. The Balaban J connectivity index is 0.000000260. The molecule has 6 heteroatoms. The number of imidazole rings is 1. The van der Waals surface area contributed by atoms with Gasteiger partial charge in [-0.05, 0) is 65.3 Å². The molecule has 0 saturated heterocycles. The molecule has 0 aliphatic heterocycles. The second kappa shape index (κ2) is 15.4. The standard InChI is InChI=1S/C33H32N3O.C13H12N.Ir/c1-19(2)22-12-9-13-23(20(3)4)30(22)36-32(35-28-18-17-27(21(5)6)34-33(28)36)26-15-10-14-25-24-11-7-8-16-29(24)37-31(25)26;1-10-3-6-12(7-4-10)13-8-5-11(2)9-14-13;/h7-14,16-21H,1-6H3;3-6,8-9H,1-2H3;/q2*-1;. The van der Waals surface area contributed by atoms with E-state index < -0.39 is 0 Å². The van der Waals surface area contributed by atoms with Crippen molar-refractivity contribution in [2.45, 2.75) is 73.1 Å². The number of aryl methyl sites for hydroxylation is 2. The van der Waals surface area contributed by atoms with Crippen molar-refractivity contribution in [2.75, 3.05) is 0 Å². The maximum Gasteiger partial charge on any atom is 0.155 e. The quantitative estimate of drug-likeness (QED) is 0.156. The number of aromatic nitrogens is 4. The van der Waals surface area contributed by atoms with Crippen molar-refractivity contribution in [3.05, 3.63) is 143 Å². The molecule has 0 aliphatic carbocycles. The number of para-hydroxylation sites is 2. The van der Waals surface area contributed by atoms with Gasteiger partial charge in [-0.2, -0.15) is 0 Å². The first-order chi connectivity index (χ1) is 24.6. The average Bonchev–Trinajstić information content (AvgIpc) is 3.70. The number of benzene rings is 4. The van der Waals surface area contributed by atoms with Gasteiger partial charge in [0, 0.05) is 43.1 Å². The summed E-state index contributed by atoms with van der Waals surface area (Å²) >= 11 is 0. The summed E-state index contributed by atoms with van der Waals surface area (Å²) in [7, 11) is 0. The van der Waals surface area contributed by atoms with Gasteiger partial charge in [-0.25, -0.2) is 4.98 Å². The summed E-state index contributed by atoms with van der Waals surface area (Å²) in [6.45, 7) is 17.5. The Bertz CT molecular complexity index is 2400. The Morgan fingerprint density at radius 1 is 0.673 bits per heavy atom. The molecule has 4 heterocycles. The molecule has 0 atom stereocenters. The molecule has 0 aliphatic rings. The van der Waals surface area contributed by atoms with E-state index in [1.165, 1.54) is 27.9 Å². The number of pyridine rings is 2. The third-order valence-corrected chi connectivity index (χ3v) is 9.40. The molecule has 8 rings (SSSR count). The molecule has 5 nitrogen and oxygen atoms in total. The molecular weight excluding hydrogens is 817 g/mol. The minimum absolute atomic E-state index is 0. The van der Waals surface area contributed by atoms with Crippen LogP contribution in [0.25, 0.3) is 61.4 Å². The Labute approximate surface area is 320 Å². The molecule has 1 radical (unpaired) electrons. The fourth-order valence-corrected chi connectivity index (χ4v) is 6.59. The van der Waals surface area contributed by atoms with Crippen LogP contribution >= 0.6 is 0 Å². The third-order valence-electron chi connectivity index (χ3n) is 9.40. The molecule has 4 aromatic heterocycles. The maximum absolute atomic E-state index is 6.44. The first kappa shape index (κ1) is 36.9. The predicted octanol–water partition coefficient (Wildman–Crippen LogP) is 12.3. The third kappa shape index (κ3) is 7.11. The number of rotatable bonds is 6. The second-order valence-electron chi connectivity index (χ2n) is 14.3. The van der Waals surface area contributed by atoms with Crippen LogP contribution in [0.4, 0.5) is 0 Å². The molecule has 0 bridgehead atoms. The van der Waals surface area contributed by atoms with Gasteiger partial charge in [0.05, 0.1) is 16.9 Å². The summed E-state index contributed by atoms with van der Waals surface area (Å²) in [6, 6.07) is 40.0. The summed E-state index contributed by atoms with van der Waals surface area (Å²) in [4.78, 5) is 14.7. The molecule has 0 saturated carbocycles. The Kier molecular flexibility index (Phi) is 10.9. The first-order valence-corrected chi connectivity index (χ1v) is 17.9. The molecular formula is C46H44IrN4O-2. The average molecular weight is 861 g/mol. The van der Waals surface area contributed by atoms with Gasteiger partial charge < -0.3 is 14.0 Å². The van der Waals surface area contributed by atoms with Crippen LogP contribution in [-0.2, 0) is 20.1 Å². The summed E-state index contributed by atoms with van der Waals surface area (Å²) in [6.07, 6.45) is 1.88. The van der Waals surface area contributed by atoms with Crippen LogP contribution in [0.1, 0.15) is 87.2 Å². The fraction of sp³-hybridized carbons (Fsp3) is 0.239. The van der Waals surface area contributed by atoms with Gasteiger partial charge in [0.1, 0.15) is 5.58 Å². The number of nitrogens with zero attached hydrogens (tertiary/aromatic N) is 4. The zero-order valence-electron chi connectivity index (χ0n) is 31.1. The maximum atomic E-state index is 6.44. The number of hydrogen-bond acceptors (Lipinski definition) is 4. The van der Waals surface area contributed by atoms with Crippen molar-refractivity contribution < 1.29 is 24.5 Å². The van der Waals surface area contributed by atoms with Gasteiger partial charge in [0.25, 0.3) is 0 Å². The smallest absolute Gasteiger partial charge is 0.155 e. The molecule has 265 valence electrons. The number of furan rings is 1. The Morgan fingerprint density at radius 3 is 2.06 bits per heavy atom. The van der Waals surface area contributed by atoms with E-state index in [4.69, 9.17) is 14.4 Å². The van der Waals surface area contributed by atoms with Crippen molar-refractivity contribution in [3.8, 4) is 28.3 Å². The summed E-state index contributed by atoms with van der Waals surface area (Å²) in [5.41, 5.74) is 13.5. The zero-order chi connectivity index (χ0) is 35.8. The van der Waals surface area contributed by atoms with E-state index in [0.29, 0.717) is 17.8 Å². The monoisotopic (exact) mass is 861 g/mol. The minimum Gasteiger partial charge on any atom is -0.501 e. The minimum atomic E-state index is 0. The molecule has 0 unspecified atom stereocenters. The SMILES string of the molecule is CC(C)c1ccc2nc(-c3[c-]ccc4c3oc3ccccc34)n(-c3c(C(C)C)cccc3C(C)C)c2n1.Cc1c[c-]c(-c2ccc(C)cn2)cc1.[Ir]. The zero-order valence-corrected chi connectivity index (χ0v) is 33.5. The van der Waals surface area contributed by atoms with Crippen LogP contribution in [-0.4, -0.2) is 19.5 Å². The second-order valence-corrected chi connectivity index (χ2v) is 14.3. The van der Waals surface area contributed by atoms with Gasteiger partial charge in [0.15, 0.2) is 5.65 Å². The van der Waals surface area contributed by atoms with Gasteiger partial charge >= 0.3 is 0 Å². The molecule has 0 amide bonds. The molecule has 0 spiro atoms. The van der Waals surface area contributed by atoms with Crippen molar-refractivity contribution >= 4 is 33.1 Å². The Hall–Kier alpha value is -4.90. The predicted molar refractivity (Wildman–Crippen MR) is 211 cm³/mol. The molecule has 4 aromatic carbocycles.